The Morgan fingerprint density at radius 1 is 1.25 bits per heavy atom. The maximum absolute atomic E-state index is 12.7. The minimum Gasteiger partial charge on any atom is -0.484 e. The first-order valence-corrected chi connectivity index (χ1v) is 8.57. The second kappa shape index (κ2) is 6.26. The highest BCUT2D eigenvalue weighted by Crippen LogP contribution is 2.40. The molecule has 6 nitrogen and oxygen atoms in total. The van der Waals surface area contributed by atoms with Gasteiger partial charge in [-0.1, -0.05) is 17.3 Å². The first-order valence-electron chi connectivity index (χ1n) is 8.57. The number of ether oxygens (including phenoxy) is 1. The van der Waals surface area contributed by atoms with Crippen LogP contribution in [0.2, 0.25) is 0 Å². The van der Waals surface area contributed by atoms with Gasteiger partial charge in [0.05, 0.1) is 12.2 Å². The second-order valence-corrected chi connectivity index (χ2v) is 6.80. The third-order valence-corrected chi connectivity index (χ3v) is 5.16. The van der Waals surface area contributed by atoms with Gasteiger partial charge in [-0.15, -0.1) is 5.10 Å². The van der Waals surface area contributed by atoms with Gasteiger partial charge in [0.1, 0.15) is 5.75 Å². The van der Waals surface area contributed by atoms with Gasteiger partial charge in [0.15, 0.2) is 6.61 Å². The molecule has 0 saturated carbocycles. The molecule has 2 aliphatic heterocycles. The number of aromatic nitrogens is 3. The Balaban J connectivity index is 1.39. The first kappa shape index (κ1) is 15.2. The van der Waals surface area contributed by atoms with E-state index in [0.717, 1.165) is 37.0 Å². The number of rotatable bonds is 4. The van der Waals surface area contributed by atoms with E-state index in [4.69, 9.17) is 4.74 Å². The molecule has 2 atom stereocenters. The fourth-order valence-electron chi connectivity index (χ4n) is 4.11. The molecule has 1 aromatic carbocycles. The quantitative estimate of drug-likeness (QED) is 0.865. The van der Waals surface area contributed by atoms with Crippen LogP contribution in [0, 0.1) is 6.92 Å². The van der Waals surface area contributed by atoms with Crippen LogP contribution >= 0.6 is 0 Å². The molecule has 2 fully saturated rings. The number of hydrogen-bond donors (Lipinski definition) is 0. The number of aryl methyl sites for hydroxylation is 1. The molecular formula is C18H22N4O2. The van der Waals surface area contributed by atoms with E-state index in [1.807, 2.05) is 42.1 Å². The summed E-state index contributed by atoms with van der Waals surface area (Å²) in [6.45, 7) is 2.13. The molecule has 6 heteroatoms. The monoisotopic (exact) mass is 326 g/mol. The van der Waals surface area contributed by atoms with Crippen LogP contribution in [0.15, 0.2) is 36.7 Å². The van der Waals surface area contributed by atoms with Crippen molar-refractivity contribution in [3.05, 3.63) is 42.2 Å². The minimum absolute atomic E-state index is 0.0982. The fourth-order valence-corrected chi connectivity index (χ4v) is 4.11. The van der Waals surface area contributed by atoms with Crippen LogP contribution in [0.25, 0.3) is 0 Å². The van der Waals surface area contributed by atoms with Gasteiger partial charge in [0, 0.05) is 18.3 Å². The van der Waals surface area contributed by atoms with Crippen LogP contribution in [-0.4, -0.2) is 44.5 Å². The minimum atomic E-state index is 0.0982. The topological polar surface area (TPSA) is 60.2 Å². The van der Waals surface area contributed by atoms with Crippen molar-refractivity contribution in [1.29, 1.82) is 0 Å². The number of amides is 1. The van der Waals surface area contributed by atoms with Crippen molar-refractivity contribution < 1.29 is 9.53 Å². The Labute approximate surface area is 141 Å². The Morgan fingerprint density at radius 2 is 2.04 bits per heavy atom. The van der Waals surface area contributed by atoms with Gasteiger partial charge in [-0.25, -0.2) is 4.68 Å². The molecule has 2 bridgehead atoms. The highest BCUT2D eigenvalue weighted by Gasteiger charge is 2.43. The Morgan fingerprint density at radius 3 is 2.71 bits per heavy atom. The molecule has 0 radical (unpaired) electrons. The fraction of sp³-hybridized carbons (Fsp3) is 0.500. The third-order valence-electron chi connectivity index (χ3n) is 5.16. The van der Waals surface area contributed by atoms with Crippen molar-refractivity contribution >= 4 is 5.91 Å². The number of fused-ring (bicyclic) bond motifs is 2. The highest BCUT2D eigenvalue weighted by molar-refractivity contribution is 5.79. The molecule has 2 unspecified atom stereocenters. The molecule has 2 aromatic rings. The molecule has 0 aliphatic carbocycles. The van der Waals surface area contributed by atoms with E-state index in [-0.39, 0.29) is 12.5 Å². The average Bonchev–Trinajstić information content (AvgIpc) is 3.20. The van der Waals surface area contributed by atoms with E-state index in [1.54, 1.807) is 6.20 Å². The zero-order chi connectivity index (χ0) is 16.5. The van der Waals surface area contributed by atoms with Crippen molar-refractivity contribution in [3.63, 3.8) is 0 Å². The predicted molar refractivity (Wildman–Crippen MR) is 88.6 cm³/mol. The van der Waals surface area contributed by atoms with Gasteiger partial charge in [-0.3, -0.25) is 4.79 Å². The SMILES string of the molecule is Cc1cccc(OCC(=O)N2C3CCC2CC(n2ccnn2)C3)c1. The van der Waals surface area contributed by atoms with Crippen LogP contribution in [0.3, 0.4) is 0 Å². The number of nitrogens with zero attached hydrogens (tertiary/aromatic N) is 4. The van der Waals surface area contributed by atoms with E-state index in [2.05, 4.69) is 15.2 Å². The van der Waals surface area contributed by atoms with Gasteiger partial charge in [-0.2, -0.15) is 0 Å². The van der Waals surface area contributed by atoms with Gasteiger partial charge >= 0.3 is 0 Å². The molecule has 126 valence electrons. The molecule has 1 amide bonds. The summed E-state index contributed by atoms with van der Waals surface area (Å²) in [5, 5.41) is 8.03. The number of benzene rings is 1. The Hall–Kier alpha value is -2.37. The maximum atomic E-state index is 12.7. The number of piperidine rings is 1. The summed E-state index contributed by atoms with van der Waals surface area (Å²) >= 11 is 0. The Bertz CT molecular complexity index is 702. The van der Waals surface area contributed by atoms with Crippen molar-refractivity contribution in [2.45, 2.75) is 50.7 Å². The second-order valence-electron chi connectivity index (χ2n) is 6.80. The summed E-state index contributed by atoms with van der Waals surface area (Å²) in [4.78, 5) is 14.7. The van der Waals surface area contributed by atoms with Crippen LogP contribution in [-0.2, 0) is 4.79 Å². The first-order chi connectivity index (χ1) is 11.7. The van der Waals surface area contributed by atoms with E-state index in [0.29, 0.717) is 18.1 Å². The lowest BCUT2D eigenvalue weighted by atomic mass is 9.97. The molecule has 2 aliphatic rings. The van der Waals surface area contributed by atoms with Gasteiger partial charge in [-0.05, 0) is 50.3 Å². The highest BCUT2D eigenvalue weighted by atomic mass is 16.5. The van der Waals surface area contributed by atoms with Crippen molar-refractivity contribution in [1.82, 2.24) is 19.9 Å². The summed E-state index contributed by atoms with van der Waals surface area (Å²) in [5.41, 5.74) is 1.13. The summed E-state index contributed by atoms with van der Waals surface area (Å²) < 4.78 is 7.65. The zero-order valence-electron chi connectivity index (χ0n) is 13.8. The van der Waals surface area contributed by atoms with E-state index < -0.39 is 0 Å². The molecule has 4 rings (SSSR count). The molecule has 3 heterocycles. The molecule has 0 spiro atoms. The molecule has 24 heavy (non-hydrogen) atoms. The van der Waals surface area contributed by atoms with E-state index in [1.165, 1.54) is 0 Å². The summed E-state index contributed by atoms with van der Waals surface area (Å²) in [7, 11) is 0. The average molecular weight is 326 g/mol. The lowest BCUT2D eigenvalue weighted by molar-refractivity contribution is -0.138. The van der Waals surface area contributed by atoms with Crippen LogP contribution in [0.4, 0.5) is 0 Å². The lowest BCUT2D eigenvalue weighted by Crippen LogP contribution is -2.48. The van der Waals surface area contributed by atoms with Crippen molar-refractivity contribution in [2.75, 3.05) is 6.61 Å². The molecule has 2 saturated heterocycles. The lowest BCUT2D eigenvalue weighted by Gasteiger charge is -2.38. The smallest absolute Gasteiger partial charge is 0.261 e. The molecule has 1 aromatic heterocycles. The normalized spacial score (nSPS) is 25.7. The number of carbonyl (C=O) groups excluding carboxylic acids is 1. The maximum Gasteiger partial charge on any atom is 0.261 e. The predicted octanol–water partition coefficient (Wildman–Crippen LogP) is 2.36. The van der Waals surface area contributed by atoms with Crippen LogP contribution in [0.5, 0.6) is 5.75 Å². The molecule has 0 N–H and O–H groups in total. The largest absolute Gasteiger partial charge is 0.484 e. The van der Waals surface area contributed by atoms with Crippen molar-refractivity contribution in [3.8, 4) is 5.75 Å². The van der Waals surface area contributed by atoms with Crippen molar-refractivity contribution in [2.24, 2.45) is 0 Å². The standard InChI is InChI=1S/C18H22N4O2/c1-13-3-2-4-17(9-13)24-12-18(23)22-14-5-6-15(22)11-16(10-14)21-8-7-19-20-21/h2-4,7-9,14-16H,5-6,10-12H2,1H3. The summed E-state index contributed by atoms with van der Waals surface area (Å²) in [6.07, 6.45) is 7.70. The third kappa shape index (κ3) is 2.88. The number of carbonyl (C=O) groups is 1. The summed E-state index contributed by atoms with van der Waals surface area (Å²) in [5.74, 6) is 0.856. The van der Waals surface area contributed by atoms with Gasteiger partial charge in [0.2, 0.25) is 0 Å². The number of hydrogen-bond acceptors (Lipinski definition) is 4. The van der Waals surface area contributed by atoms with Gasteiger partial charge in [0.25, 0.3) is 5.91 Å². The molecular weight excluding hydrogens is 304 g/mol. The summed E-state index contributed by atoms with van der Waals surface area (Å²) in [6, 6.07) is 8.77. The van der Waals surface area contributed by atoms with Crippen LogP contribution in [0.1, 0.15) is 37.3 Å². The van der Waals surface area contributed by atoms with Gasteiger partial charge < -0.3 is 9.64 Å². The Kier molecular flexibility index (Phi) is 3.96. The van der Waals surface area contributed by atoms with E-state index >= 15 is 0 Å². The van der Waals surface area contributed by atoms with Crippen LogP contribution < -0.4 is 4.74 Å². The van der Waals surface area contributed by atoms with E-state index in [9.17, 15) is 4.79 Å². The zero-order valence-corrected chi connectivity index (χ0v) is 13.8.